The standard InChI is InChI=1S/C15H16O4S/c1-11-5-4-6-12(2)15(11)19-20(16,17)14-9-7-13(18-3)8-10-14/h4-10H,1-3H3. The summed E-state index contributed by atoms with van der Waals surface area (Å²) in [6, 6.07) is 11.6. The zero-order valence-electron chi connectivity index (χ0n) is 11.6. The third-order valence-electron chi connectivity index (χ3n) is 2.95. The SMILES string of the molecule is COc1ccc(S(=O)(=O)Oc2c(C)cccc2C)cc1. The summed E-state index contributed by atoms with van der Waals surface area (Å²) in [5, 5.41) is 0. The first-order valence-electron chi connectivity index (χ1n) is 6.09. The molecule has 5 heteroatoms. The lowest BCUT2D eigenvalue weighted by Crippen LogP contribution is -2.11. The van der Waals surface area contributed by atoms with Gasteiger partial charge in [-0.15, -0.1) is 0 Å². The van der Waals surface area contributed by atoms with Gasteiger partial charge < -0.3 is 8.92 Å². The second kappa shape index (κ2) is 5.54. The van der Waals surface area contributed by atoms with Crippen molar-refractivity contribution in [2.75, 3.05) is 7.11 Å². The van der Waals surface area contributed by atoms with Gasteiger partial charge in [-0.1, -0.05) is 18.2 Å². The molecule has 0 atom stereocenters. The average Bonchev–Trinajstić information content (AvgIpc) is 2.43. The summed E-state index contributed by atoms with van der Waals surface area (Å²) in [5.41, 5.74) is 1.56. The average molecular weight is 292 g/mol. The van der Waals surface area contributed by atoms with Gasteiger partial charge in [0.2, 0.25) is 0 Å². The molecule has 0 aliphatic carbocycles. The summed E-state index contributed by atoms with van der Waals surface area (Å²) in [5.74, 6) is 0.972. The molecule has 2 rings (SSSR count). The topological polar surface area (TPSA) is 52.6 Å². The molecule has 20 heavy (non-hydrogen) atoms. The van der Waals surface area contributed by atoms with Crippen molar-refractivity contribution in [3.05, 3.63) is 53.6 Å². The van der Waals surface area contributed by atoms with Crippen molar-refractivity contribution in [3.63, 3.8) is 0 Å². The molecule has 106 valence electrons. The minimum Gasteiger partial charge on any atom is -0.497 e. The lowest BCUT2D eigenvalue weighted by Gasteiger charge is -2.12. The fourth-order valence-corrected chi connectivity index (χ4v) is 2.88. The zero-order valence-corrected chi connectivity index (χ0v) is 12.4. The Morgan fingerprint density at radius 2 is 1.45 bits per heavy atom. The first-order valence-corrected chi connectivity index (χ1v) is 7.49. The summed E-state index contributed by atoms with van der Waals surface area (Å²) in [6.07, 6.45) is 0. The fourth-order valence-electron chi connectivity index (χ4n) is 1.83. The van der Waals surface area contributed by atoms with Crippen LogP contribution < -0.4 is 8.92 Å². The Labute approximate surface area is 119 Å². The lowest BCUT2D eigenvalue weighted by molar-refractivity contribution is 0.414. The third-order valence-corrected chi connectivity index (χ3v) is 4.19. The van der Waals surface area contributed by atoms with Gasteiger partial charge in [-0.3, -0.25) is 0 Å². The molecule has 0 aliphatic rings. The molecule has 0 spiro atoms. The highest BCUT2D eigenvalue weighted by Crippen LogP contribution is 2.27. The molecule has 0 radical (unpaired) electrons. The maximum atomic E-state index is 12.2. The molecular weight excluding hydrogens is 276 g/mol. The summed E-state index contributed by atoms with van der Waals surface area (Å²) >= 11 is 0. The highest BCUT2D eigenvalue weighted by atomic mass is 32.2. The van der Waals surface area contributed by atoms with E-state index in [9.17, 15) is 8.42 Å². The van der Waals surface area contributed by atoms with Crippen molar-refractivity contribution in [1.82, 2.24) is 0 Å². The second-order valence-corrected chi connectivity index (χ2v) is 5.98. The predicted octanol–water partition coefficient (Wildman–Crippen LogP) is 3.08. The van der Waals surface area contributed by atoms with E-state index in [1.54, 1.807) is 12.1 Å². The fraction of sp³-hybridized carbons (Fsp3) is 0.200. The summed E-state index contributed by atoms with van der Waals surface area (Å²) < 4.78 is 34.7. The number of rotatable bonds is 4. The Morgan fingerprint density at radius 1 is 0.900 bits per heavy atom. The van der Waals surface area contributed by atoms with Crippen LogP contribution in [0, 0.1) is 13.8 Å². The second-order valence-electron chi connectivity index (χ2n) is 4.43. The molecule has 0 aliphatic heterocycles. The molecule has 2 aromatic rings. The van der Waals surface area contributed by atoms with Crippen LogP contribution in [0.2, 0.25) is 0 Å². The number of aryl methyl sites for hydroxylation is 2. The highest BCUT2D eigenvalue weighted by molar-refractivity contribution is 7.87. The van der Waals surface area contributed by atoms with Gasteiger partial charge in [0.1, 0.15) is 16.4 Å². The Hall–Kier alpha value is -2.01. The largest absolute Gasteiger partial charge is 0.497 e. The Kier molecular flexibility index (Phi) is 3.99. The number of benzene rings is 2. The molecule has 0 fully saturated rings. The Bertz CT molecular complexity index is 683. The van der Waals surface area contributed by atoms with Gasteiger partial charge >= 0.3 is 10.1 Å². The van der Waals surface area contributed by atoms with E-state index in [0.717, 1.165) is 11.1 Å². The van der Waals surface area contributed by atoms with Crippen LogP contribution in [0.4, 0.5) is 0 Å². The van der Waals surface area contributed by atoms with Crippen LogP contribution in [0.5, 0.6) is 11.5 Å². The predicted molar refractivity (Wildman–Crippen MR) is 76.7 cm³/mol. The van der Waals surface area contributed by atoms with Gasteiger partial charge in [-0.2, -0.15) is 8.42 Å². The van der Waals surface area contributed by atoms with Gasteiger partial charge in [-0.05, 0) is 49.2 Å². The number of para-hydroxylation sites is 1. The minimum absolute atomic E-state index is 0.0981. The molecule has 2 aromatic carbocycles. The van der Waals surface area contributed by atoms with Gasteiger partial charge in [0.25, 0.3) is 0 Å². The van der Waals surface area contributed by atoms with E-state index in [1.165, 1.54) is 19.2 Å². The lowest BCUT2D eigenvalue weighted by atomic mass is 10.1. The molecule has 0 saturated carbocycles. The van der Waals surface area contributed by atoms with E-state index in [2.05, 4.69) is 0 Å². The van der Waals surface area contributed by atoms with Crippen molar-refractivity contribution in [3.8, 4) is 11.5 Å². The van der Waals surface area contributed by atoms with Crippen molar-refractivity contribution < 1.29 is 17.3 Å². The van der Waals surface area contributed by atoms with Crippen LogP contribution >= 0.6 is 0 Å². The van der Waals surface area contributed by atoms with Crippen LogP contribution in [-0.4, -0.2) is 15.5 Å². The van der Waals surface area contributed by atoms with E-state index in [0.29, 0.717) is 11.5 Å². The van der Waals surface area contributed by atoms with E-state index in [4.69, 9.17) is 8.92 Å². The van der Waals surface area contributed by atoms with Crippen LogP contribution in [0.25, 0.3) is 0 Å². The first-order chi connectivity index (χ1) is 9.44. The molecule has 0 heterocycles. The van der Waals surface area contributed by atoms with Gasteiger partial charge in [0.15, 0.2) is 0 Å². The van der Waals surface area contributed by atoms with E-state index >= 15 is 0 Å². The third kappa shape index (κ3) is 2.93. The Morgan fingerprint density at radius 3 is 1.95 bits per heavy atom. The van der Waals surface area contributed by atoms with Crippen molar-refractivity contribution in [2.24, 2.45) is 0 Å². The van der Waals surface area contributed by atoms with Crippen molar-refractivity contribution >= 4 is 10.1 Å². The zero-order chi connectivity index (χ0) is 14.8. The number of ether oxygens (including phenoxy) is 1. The molecule has 0 saturated heterocycles. The molecule has 0 amide bonds. The molecular formula is C15H16O4S. The quantitative estimate of drug-likeness (QED) is 0.813. The summed E-state index contributed by atoms with van der Waals surface area (Å²) in [7, 11) is -2.31. The van der Waals surface area contributed by atoms with Crippen LogP contribution in [0.3, 0.4) is 0 Å². The molecule has 0 aromatic heterocycles. The van der Waals surface area contributed by atoms with Gasteiger partial charge in [-0.25, -0.2) is 0 Å². The van der Waals surface area contributed by atoms with Gasteiger partial charge in [0, 0.05) is 0 Å². The maximum absolute atomic E-state index is 12.2. The maximum Gasteiger partial charge on any atom is 0.339 e. The van der Waals surface area contributed by atoms with Crippen LogP contribution in [-0.2, 0) is 10.1 Å². The first kappa shape index (κ1) is 14.4. The van der Waals surface area contributed by atoms with Gasteiger partial charge in [0.05, 0.1) is 7.11 Å². The van der Waals surface area contributed by atoms with Crippen molar-refractivity contribution in [2.45, 2.75) is 18.7 Å². The highest BCUT2D eigenvalue weighted by Gasteiger charge is 2.18. The monoisotopic (exact) mass is 292 g/mol. The summed E-state index contributed by atoms with van der Waals surface area (Å²) in [4.78, 5) is 0.0981. The van der Waals surface area contributed by atoms with E-state index < -0.39 is 10.1 Å². The molecule has 0 N–H and O–H groups in total. The number of methoxy groups -OCH3 is 1. The van der Waals surface area contributed by atoms with E-state index in [-0.39, 0.29) is 4.90 Å². The summed E-state index contributed by atoms with van der Waals surface area (Å²) in [6.45, 7) is 3.62. The molecule has 0 bridgehead atoms. The van der Waals surface area contributed by atoms with Crippen LogP contribution in [0.1, 0.15) is 11.1 Å². The molecule has 0 unspecified atom stereocenters. The van der Waals surface area contributed by atoms with Crippen molar-refractivity contribution in [1.29, 1.82) is 0 Å². The Balaban J connectivity index is 2.35. The number of hydrogen-bond donors (Lipinski definition) is 0. The minimum atomic E-state index is -3.84. The smallest absolute Gasteiger partial charge is 0.339 e. The number of hydrogen-bond acceptors (Lipinski definition) is 4. The molecule has 4 nitrogen and oxygen atoms in total. The van der Waals surface area contributed by atoms with E-state index in [1.807, 2.05) is 32.0 Å². The van der Waals surface area contributed by atoms with Crippen LogP contribution in [0.15, 0.2) is 47.4 Å². The normalized spacial score (nSPS) is 11.2.